The van der Waals surface area contributed by atoms with Crippen molar-refractivity contribution in [3.05, 3.63) is 71.4 Å². The molecule has 3 aromatic rings. The van der Waals surface area contributed by atoms with E-state index in [0.29, 0.717) is 13.1 Å². The van der Waals surface area contributed by atoms with Gasteiger partial charge in [0.2, 0.25) is 0 Å². The molecule has 0 saturated carbocycles. The van der Waals surface area contributed by atoms with Crippen molar-refractivity contribution in [3.8, 4) is 16.9 Å². The predicted octanol–water partition coefficient (Wildman–Crippen LogP) is 2.94. The third-order valence-corrected chi connectivity index (χ3v) is 4.55. The normalized spacial score (nSPS) is 12.5. The molecule has 3 rings (SSSR count). The summed E-state index contributed by atoms with van der Waals surface area (Å²) in [6, 6.07) is 16.6. The van der Waals surface area contributed by atoms with Crippen LogP contribution < -0.4 is 0 Å². The Kier molecular flexibility index (Phi) is 6.06. The Bertz CT molecular complexity index is 887. The number of nitrogens with zero attached hydrogens (tertiary/aromatic N) is 3. The number of likely N-dealkylation sites (N-methyl/N-ethyl adjacent to an activating group) is 1. The van der Waals surface area contributed by atoms with Gasteiger partial charge in [0.05, 0.1) is 24.1 Å². The van der Waals surface area contributed by atoms with Crippen LogP contribution in [-0.4, -0.2) is 51.2 Å². The molecule has 0 saturated heterocycles. The van der Waals surface area contributed by atoms with E-state index in [0.717, 1.165) is 22.5 Å². The van der Waals surface area contributed by atoms with Gasteiger partial charge >= 0.3 is 0 Å². The van der Waals surface area contributed by atoms with Crippen molar-refractivity contribution >= 4 is 0 Å². The highest BCUT2D eigenvalue weighted by Gasteiger charge is 2.16. The Morgan fingerprint density at radius 1 is 1.07 bits per heavy atom. The quantitative estimate of drug-likeness (QED) is 0.676. The number of benzene rings is 2. The first-order chi connectivity index (χ1) is 13.0. The number of aliphatic hydroxyl groups is 2. The molecule has 0 aliphatic rings. The van der Waals surface area contributed by atoms with Crippen molar-refractivity contribution in [3.63, 3.8) is 0 Å². The molecule has 0 fully saturated rings. The average molecular weight is 365 g/mol. The van der Waals surface area contributed by atoms with Crippen LogP contribution in [-0.2, 0) is 6.54 Å². The Labute approximate surface area is 160 Å². The molecule has 5 heteroatoms. The zero-order chi connectivity index (χ0) is 19.4. The summed E-state index contributed by atoms with van der Waals surface area (Å²) < 4.78 is 1.91. The summed E-state index contributed by atoms with van der Waals surface area (Å²) in [6.45, 7) is 4.94. The van der Waals surface area contributed by atoms with E-state index < -0.39 is 6.10 Å². The maximum absolute atomic E-state index is 9.73. The average Bonchev–Trinajstić information content (AvgIpc) is 3.05. The van der Waals surface area contributed by atoms with E-state index in [9.17, 15) is 5.11 Å². The third kappa shape index (κ3) is 4.83. The minimum Gasteiger partial charge on any atom is -0.394 e. The number of aliphatic hydroxyl groups excluding tert-OH is 2. The van der Waals surface area contributed by atoms with Crippen molar-refractivity contribution < 1.29 is 10.2 Å². The second-order valence-electron chi connectivity index (χ2n) is 7.19. The van der Waals surface area contributed by atoms with Gasteiger partial charge in [-0.2, -0.15) is 5.10 Å². The molecule has 0 spiro atoms. The summed E-state index contributed by atoms with van der Waals surface area (Å²) in [5.41, 5.74) is 6.50. The highest BCUT2D eigenvalue weighted by molar-refractivity contribution is 5.64. The first-order valence-corrected chi connectivity index (χ1v) is 9.16. The van der Waals surface area contributed by atoms with Gasteiger partial charge in [0.25, 0.3) is 0 Å². The number of aryl methyl sites for hydroxylation is 2. The molecular weight excluding hydrogens is 338 g/mol. The number of hydrogen-bond donors (Lipinski definition) is 2. The highest BCUT2D eigenvalue weighted by Crippen LogP contribution is 2.25. The van der Waals surface area contributed by atoms with Crippen LogP contribution in [0.4, 0.5) is 0 Å². The van der Waals surface area contributed by atoms with Crippen LogP contribution in [0.3, 0.4) is 0 Å². The van der Waals surface area contributed by atoms with Crippen LogP contribution in [0.2, 0.25) is 0 Å². The first kappa shape index (κ1) is 19.3. The molecule has 1 atom stereocenters. The zero-order valence-corrected chi connectivity index (χ0v) is 16.1. The Balaban J connectivity index is 1.97. The Morgan fingerprint density at radius 3 is 2.48 bits per heavy atom. The van der Waals surface area contributed by atoms with E-state index in [-0.39, 0.29) is 6.61 Å². The lowest BCUT2D eigenvalue weighted by atomic mass is 10.1. The lowest BCUT2D eigenvalue weighted by Crippen LogP contribution is -2.31. The Morgan fingerprint density at radius 2 is 1.81 bits per heavy atom. The van der Waals surface area contributed by atoms with E-state index in [4.69, 9.17) is 10.2 Å². The monoisotopic (exact) mass is 365 g/mol. The second kappa shape index (κ2) is 8.48. The van der Waals surface area contributed by atoms with Gasteiger partial charge in [-0.05, 0) is 39.1 Å². The first-order valence-electron chi connectivity index (χ1n) is 9.16. The maximum atomic E-state index is 9.73. The SMILES string of the molecule is Cc1ccc(-n2cc(CN(C)CC(O)CO)c(-c3cccc(C)c3)n2)cc1. The van der Waals surface area contributed by atoms with E-state index in [1.165, 1.54) is 11.1 Å². The van der Waals surface area contributed by atoms with Crippen molar-refractivity contribution in [2.45, 2.75) is 26.5 Å². The molecule has 5 nitrogen and oxygen atoms in total. The van der Waals surface area contributed by atoms with E-state index in [1.54, 1.807) is 0 Å². The third-order valence-electron chi connectivity index (χ3n) is 4.55. The van der Waals surface area contributed by atoms with E-state index in [1.807, 2.05) is 28.9 Å². The van der Waals surface area contributed by atoms with Crippen LogP contribution in [0, 0.1) is 13.8 Å². The highest BCUT2D eigenvalue weighted by atomic mass is 16.3. The van der Waals surface area contributed by atoms with Gasteiger partial charge < -0.3 is 10.2 Å². The molecule has 1 heterocycles. The van der Waals surface area contributed by atoms with Gasteiger partial charge in [0.1, 0.15) is 0 Å². The standard InChI is InChI=1S/C22H27N3O2/c1-16-7-9-20(10-8-16)25-13-19(12-24(3)14-21(27)15-26)22(23-25)18-6-4-5-17(2)11-18/h4-11,13,21,26-27H,12,14-15H2,1-3H3. The predicted molar refractivity (Wildman–Crippen MR) is 108 cm³/mol. The molecule has 27 heavy (non-hydrogen) atoms. The number of aromatic nitrogens is 2. The molecule has 0 amide bonds. The molecule has 0 aliphatic heterocycles. The van der Waals surface area contributed by atoms with Crippen molar-refractivity contribution in [1.29, 1.82) is 0 Å². The molecule has 1 unspecified atom stereocenters. The topological polar surface area (TPSA) is 61.5 Å². The van der Waals surface area contributed by atoms with Gasteiger partial charge in [-0.3, -0.25) is 4.90 Å². The smallest absolute Gasteiger partial charge is 0.0972 e. The van der Waals surface area contributed by atoms with Crippen LogP contribution in [0.5, 0.6) is 0 Å². The van der Waals surface area contributed by atoms with Gasteiger partial charge in [-0.25, -0.2) is 4.68 Å². The molecule has 142 valence electrons. The van der Waals surface area contributed by atoms with Crippen LogP contribution in [0.25, 0.3) is 16.9 Å². The number of hydrogen-bond acceptors (Lipinski definition) is 4. The summed E-state index contributed by atoms with van der Waals surface area (Å²) in [5, 5.41) is 23.7. The van der Waals surface area contributed by atoms with E-state index >= 15 is 0 Å². The van der Waals surface area contributed by atoms with Gasteiger partial charge in [0, 0.05) is 30.4 Å². The molecule has 2 aromatic carbocycles. The van der Waals surface area contributed by atoms with Crippen LogP contribution in [0.15, 0.2) is 54.7 Å². The van der Waals surface area contributed by atoms with Gasteiger partial charge in [0.15, 0.2) is 0 Å². The van der Waals surface area contributed by atoms with Crippen molar-refractivity contribution in [2.75, 3.05) is 20.2 Å². The molecular formula is C22H27N3O2. The summed E-state index contributed by atoms with van der Waals surface area (Å²) >= 11 is 0. The minimum atomic E-state index is -0.746. The fourth-order valence-electron chi connectivity index (χ4n) is 3.16. The van der Waals surface area contributed by atoms with Crippen molar-refractivity contribution in [1.82, 2.24) is 14.7 Å². The lowest BCUT2D eigenvalue weighted by molar-refractivity contribution is 0.0648. The number of rotatable bonds is 7. The summed E-state index contributed by atoms with van der Waals surface area (Å²) in [6.07, 6.45) is 1.30. The minimum absolute atomic E-state index is 0.238. The molecule has 0 radical (unpaired) electrons. The summed E-state index contributed by atoms with van der Waals surface area (Å²) in [5.74, 6) is 0. The summed E-state index contributed by atoms with van der Waals surface area (Å²) in [7, 11) is 1.93. The molecule has 1 aromatic heterocycles. The van der Waals surface area contributed by atoms with Gasteiger partial charge in [-0.1, -0.05) is 41.5 Å². The largest absolute Gasteiger partial charge is 0.394 e. The van der Waals surface area contributed by atoms with Crippen LogP contribution >= 0.6 is 0 Å². The fraction of sp³-hybridized carbons (Fsp3) is 0.318. The zero-order valence-electron chi connectivity index (χ0n) is 16.1. The van der Waals surface area contributed by atoms with Crippen LogP contribution in [0.1, 0.15) is 16.7 Å². The van der Waals surface area contributed by atoms with Gasteiger partial charge in [-0.15, -0.1) is 0 Å². The summed E-state index contributed by atoms with van der Waals surface area (Å²) in [4.78, 5) is 2.00. The molecule has 0 bridgehead atoms. The van der Waals surface area contributed by atoms with Crippen molar-refractivity contribution in [2.24, 2.45) is 0 Å². The van der Waals surface area contributed by atoms with E-state index in [2.05, 4.69) is 56.3 Å². The fourth-order valence-corrected chi connectivity index (χ4v) is 3.16. The maximum Gasteiger partial charge on any atom is 0.0972 e. The Hall–Kier alpha value is -2.47. The molecule has 2 N–H and O–H groups in total. The molecule has 0 aliphatic carbocycles. The second-order valence-corrected chi connectivity index (χ2v) is 7.19. The lowest BCUT2D eigenvalue weighted by Gasteiger charge is -2.19.